The molecular weight excluding hydrogens is 428 g/mol. The van der Waals surface area contributed by atoms with E-state index < -0.39 is 5.97 Å². The molecule has 1 aliphatic rings. The normalized spacial score (nSPS) is 14.1. The number of pyridine rings is 1. The number of hydroxylamine groups is 1. The smallest absolute Gasteiger partial charge is 0.345 e. The topological polar surface area (TPSA) is 74.5 Å². The highest BCUT2D eigenvalue weighted by molar-refractivity contribution is 6.35. The van der Waals surface area contributed by atoms with E-state index in [2.05, 4.69) is 18.0 Å². The Kier molecular flexibility index (Phi) is 7.07. The molecule has 174 valence electrons. The number of hydrogen-bond donors (Lipinski definition) is 0. The number of benzene rings is 2. The van der Waals surface area contributed by atoms with Crippen LogP contribution < -0.4 is 4.74 Å². The Bertz CT molecular complexity index is 1240. The Hall–Kier alpha value is -3.93. The van der Waals surface area contributed by atoms with Crippen molar-refractivity contribution in [1.82, 2.24) is 4.98 Å². The fraction of sp³-hybridized carbons (Fsp3) is 0.250. The highest BCUT2D eigenvalue weighted by atomic mass is 16.5. The van der Waals surface area contributed by atoms with Crippen LogP contribution in [0, 0.1) is 5.21 Å². The molecule has 1 heterocycles. The standard InChI is InChI=1S/C28H28N2O4/c1-4-19-11-12-21(29-18-19)15-16-34-22-13-14-23-24(17-22)27(30(3)32)26(28(31)33-5-2)25(23)20-9-7-6-8-10-20/h6-14,17-18H,4-5,15-16H2,1-3H3/b30-27+. The van der Waals surface area contributed by atoms with E-state index in [1.165, 1.54) is 12.6 Å². The van der Waals surface area contributed by atoms with Gasteiger partial charge in [0.1, 0.15) is 18.4 Å². The SMILES string of the molecule is CCOC(=O)C1=C(c2ccccc2)c2ccc(OCCc3ccc(CC)cn3)cc2/C1=[N+](/C)[O-]. The molecule has 4 rings (SSSR count). The third kappa shape index (κ3) is 4.71. The van der Waals surface area contributed by atoms with Gasteiger partial charge in [-0.1, -0.05) is 43.3 Å². The van der Waals surface area contributed by atoms with Crippen molar-refractivity contribution < 1.29 is 19.0 Å². The average molecular weight is 457 g/mol. The van der Waals surface area contributed by atoms with E-state index in [9.17, 15) is 10.0 Å². The van der Waals surface area contributed by atoms with Gasteiger partial charge in [0.15, 0.2) is 0 Å². The van der Waals surface area contributed by atoms with Crippen molar-refractivity contribution in [2.75, 3.05) is 20.3 Å². The van der Waals surface area contributed by atoms with E-state index in [4.69, 9.17) is 9.47 Å². The average Bonchev–Trinajstić information content (AvgIpc) is 3.20. The summed E-state index contributed by atoms with van der Waals surface area (Å²) in [6, 6.07) is 19.3. The van der Waals surface area contributed by atoms with Gasteiger partial charge in [0.2, 0.25) is 5.71 Å². The van der Waals surface area contributed by atoms with Crippen LogP contribution in [0.5, 0.6) is 5.75 Å². The van der Waals surface area contributed by atoms with Crippen LogP contribution in [0.25, 0.3) is 5.57 Å². The van der Waals surface area contributed by atoms with Crippen molar-refractivity contribution in [2.45, 2.75) is 26.7 Å². The summed E-state index contributed by atoms with van der Waals surface area (Å²) in [4.78, 5) is 17.4. The summed E-state index contributed by atoms with van der Waals surface area (Å²) in [7, 11) is 1.39. The first-order chi connectivity index (χ1) is 16.5. The van der Waals surface area contributed by atoms with Crippen molar-refractivity contribution in [2.24, 2.45) is 0 Å². The number of rotatable bonds is 8. The maximum absolute atomic E-state index is 13.0. The number of esters is 1. The Morgan fingerprint density at radius 1 is 1.03 bits per heavy atom. The van der Waals surface area contributed by atoms with Gasteiger partial charge in [-0.25, -0.2) is 9.53 Å². The largest absolute Gasteiger partial charge is 0.624 e. The zero-order valence-electron chi connectivity index (χ0n) is 19.7. The molecule has 34 heavy (non-hydrogen) atoms. The second-order valence-corrected chi connectivity index (χ2v) is 8.00. The van der Waals surface area contributed by atoms with Crippen molar-refractivity contribution in [3.05, 3.63) is 106 Å². The second kappa shape index (κ2) is 10.3. The van der Waals surface area contributed by atoms with Crippen LogP contribution in [0.2, 0.25) is 0 Å². The van der Waals surface area contributed by atoms with Crippen LogP contribution in [0.15, 0.2) is 72.4 Å². The molecule has 0 fully saturated rings. The van der Waals surface area contributed by atoms with E-state index in [0.717, 1.165) is 28.0 Å². The van der Waals surface area contributed by atoms with Crippen molar-refractivity contribution in [3.63, 3.8) is 0 Å². The number of ether oxygens (including phenoxy) is 2. The van der Waals surface area contributed by atoms with Gasteiger partial charge in [0.25, 0.3) is 0 Å². The molecule has 0 saturated carbocycles. The zero-order chi connectivity index (χ0) is 24.1. The lowest BCUT2D eigenvalue weighted by Crippen LogP contribution is -2.21. The maximum Gasteiger partial charge on any atom is 0.345 e. The van der Waals surface area contributed by atoms with Crippen LogP contribution in [0.3, 0.4) is 0 Å². The number of aromatic nitrogens is 1. The van der Waals surface area contributed by atoms with E-state index in [1.807, 2.05) is 60.8 Å². The maximum atomic E-state index is 13.0. The summed E-state index contributed by atoms with van der Waals surface area (Å²) in [6.07, 6.45) is 3.52. The van der Waals surface area contributed by atoms with Gasteiger partial charge >= 0.3 is 5.97 Å². The monoisotopic (exact) mass is 456 g/mol. The lowest BCUT2D eigenvalue weighted by atomic mass is 9.97. The van der Waals surface area contributed by atoms with E-state index in [1.54, 1.807) is 6.92 Å². The molecule has 0 unspecified atom stereocenters. The molecule has 0 radical (unpaired) electrons. The van der Waals surface area contributed by atoms with Gasteiger partial charge in [-0.2, -0.15) is 0 Å². The molecule has 0 spiro atoms. The quantitative estimate of drug-likeness (QED) is 0.215. The summed E-state index contributed by atoms with van der Waals surface area (Å²) in [6.45, 7) is 4.52. The van der Waals surface area contributed by atoms with Crippen LogP contribution >= 0.6 is 0 Å². The van der Waals surface area contributed by atoms with Gasteiger partial charge in [-0.05, 0) is 54.3 Å². The predicted octanol–water partition coefficient (Wildman–Crippen LogP) is 4.57. The molecule has 0 N–H and O–H groups in total. The minimum Gasteiger partial charge on any atom is -0.624 e. The summed E-state index contributed by atoms with van der Waals surface area (Å²) in [5.41, 5.74) is 5.72. The van der Waals surface area contributed by atoms with Crippen LogP contribution in [-0.4, -0.2) is 41.7 Å². The number of nitrogens with zero attached hydrogens (tertiary/aromatic N) is 2. The third-order valence-electron chi connectivity index (χ3n) is 5.78. The molecule has 0 amide bonds. The fourth-order valence-corrected chi connectivity index (χ4v) is 4.13. The van der Waals surface area contributed by atoms with E-state index in [0.29, 0.717) is 29.9 Å². The van der Waals surface area contributed by atoms with Crippen LogP contribution in [-0.2, 0) is 22.4 Å². The first kappa shape index (κ1) is 23.2. The third-order valence-corrected chi connectivity index (χ3v) is 5.78. The zero-order valence-corrected chi connectivity index (χ0v) is 19.7. The Labute approximate surface area is 199 Å². The van der Waals surface area contributed by atoms with E-state index in [-0.39, 0.29) is 17.9 Å². The Balaban J connectivity index is 1.65. The van der Waals surface area contributed by atoms with Gasteiger partial charge in [0.05, 0.1) is 18.8 Å². The lowest BCUT2D eigenvalue weighted by Gasteiger charge is -2.10. The summed E-state index contributed by atoms with van der Waals surface area (Å²) >= 11 is 0. The number of aryl methyl sites for hydroxylation is 1. The van der Waals surface area contributed by atoms with Crippen LogP contribution in [0.4, 0.5) is 0 Å². The Morgan fingerprint density at radius 2 is 1.82 bits per heavy atom. The first-order valence-corrected chi connectivity index (χ1v) is 11.5. The minimum atomic E-state index is -0.515. The van der Waals surface area contributed by atoms with E-state index >= 15 is 0 Å². The molecule has 0 aliphatic heterocycles. The Morgan fingerprint density at radius 3 is 2.47 bits per heavy atom. The molecule has 1 aromatic heterocycles. The fourth-order valence-electron chi connectivity index (χ4n) is 4.13. The predicted molar refractivity (Wildman–Crippen MR) is 132 cm³/mol. The molecule has 6 heteroatoms. The molecule has 0 bridgehead atoms. The molecule has 0 atom stereocenters. The van der Waals surface area contributed by atoms with Crippen molar-refractivity contribution >= 4 is 17.3 Å². The van der Waals surface area contributed by atoms with Gasteiger partial charge < -0.3 is 14.7 Å². The van der Waals surface area contributed by atoms with Gasteiger partial charge in [-0.3, -0.25) is 4.98 Å². The molecule has 1 aliphatic carbocycles. The highest BCUT2D eigenvalue weighted by Crippen LogP contribution is 2.40. The molecule has 2 aromatic carbocycles. The lowest BCUT2D eigenvalue weighted by molar-refractivity contribution is -0.421. The van der Waals surface area contributed by atoms with Crippen molar-refractivity contribution in [3.8, 4) is 5.75 Å². The molecule has 6 nitrogen and oxygen atoms in total. The number of carbonyl (C=O) groups is 1. The molecular formula is C28H28N2O4. The van der Waals surface area contributed by atoms with Crippen LogP contribution in [0.1, 0.15) is 41.8 Å². The molecule has 3 aromatic rings. The highest BCUT2D eigenvalue weighted by Gasteiger charge is 2.39. The number of hydrogen-bond acceptors (Lipinski definition) is 5. The summed E-state index contributed by atoms with van der Waals surface area (Å²) in [5, 5.41) is 12.7. The molecule has 0 saturated heterocycles. The minimum absolute atomic E-state index is 0.220. The van der Waals surface area contributed by atoms with Gasteiger partial charge in [0, 0.05) is 23.9 Å². The number of fused-ring (bicyclic) bond motifs is 1. The summed E-state index contributed by atoms with van der Waals surface area (Å²) in [5.74, 6) is 0.111. The second-order valence-electron chi connectivity index (χ2n) is 8.00. The van der Waals surface area contributed by atoms with Gasteiger partial charge in [-0.15, -0.1) is 0 Å². The summed E-state index contributed by atoms with van der Waals surface area (Å²) < 4.78 is 12.1. The van der Waals surface area contributed by atoms with Crippen molar-refractivity contribution in [1.29, 1.82) is 0 Å². The number of carbonyl (C=O) groups excluding carboxylic acids is 1. The first-order valence-electron chi connectivity index (χ1n) is 11.5.